The maximum atomic E-state index is 9.01. The molecule has 0 radical (unpaired) electrons. The Morgan fingerprint density at radius 3 is 2.92 bits per heavy atom. The van der Waals surface area contributed by atoms with Gasteiger partial charge in [0.2, 0.25) is 0 Å². The van der Waals surface area contributed by atoms with E-state index < -0.39 is 0 Å². The molecule has 4 heteroatoms. The lowest BCUT2D eigenvalue weighted by Gasteiger charge is -2.02. The molecule has 0 aliphatic carbocycles. The summed E-state index contributed by atoms with van der Waals surface area (Å²) in [6.45, 7) is 1.77. The molecule has 0 aromatic carbocycles. The van der Waals surface area contributed by atoms with Crippen LogP contribution in [0.4, 0.5) is 0 Å². The molecule has 0 unspecified atom stereocenters. The first-order valence-electron chi connectivity index (χ1n) is 3.61. The molecule has 12 heavy (non-hydrogen) atoms. The third-order valence-corrected chi connectivity index (χ3v) is 2.83. The Labute approximate surface area is 84.5 Å². The molecule has 2 nitrogen and oxygen atoms in total. The summed E-state index contributed by atoms with van der Waals surface area (Å²) in [5.74, 6) is 0.689. The van der Waals surface area contributed by atoms with Gasteiger partial charge in [-0.25, -0.2) is 4.98 Å². The standard InChI is InChI=1S/C8H10BrNOS/c1-6(11)5-12-8-3-2-7(9)4-10-8/h2-4,6,11H,5H2,1H3/t6-/m1/s1. The lowest BCUT2D eigenvalue weighted by atomic mass is 10.5. The van der Waals surface area contributed by atoms with E-state index in [-0.39, 0.29) is 6.10 Å². The summed E-state index contributed by atoms with van der Waals surface area (Å²) in [7, 11) is 0. The monoisotopic (exact) mass is 247 g/mol. The quantitative estimate of drug-likeness (QED) is 0.833. The zero-order chi connectivity index (χ0) is 8.97. The normalized spacial score (nSPS) is 12.9. The maximum absolute atomic E-state index is 9.01. The van der Waals surface area contributed by atoms with Crippen molar-refractivity contribution in [3.63, 3.8) is 0 Å². The zero-order valence-electron chi connectivity index (χ0n) is 6.70. The van der Waals surface area contributed by atoms with E-state index in [0.29, 0.717) is 5.75 Å². The Hall–Kier alpha value is -0.0600. The molecular weight excluding hydrogens is 238 g/mol. The van der Waals surface area contributed by atoms with E-state index in [1.807, 2.05) is 12.1 Å². The zero-order valence-corrected chi connectivity index (χ0v) is 9.10. The smallest absolute Gasteiger partial charge is 0.0961 e. The predicted octanol–water partition coefficient (Wildman–Crippen LogP) is 2.32. The van der Waals surface area contributed by atoms with Crippen molar-refractivity contribution in [2.45, 2.75) is 18.1 Å². The molecule has 66 valence electrons. The number of thioether (sulfide) groups is 1. The molecule has 0 fully saturated rings. The van der Waals surface area contributed by atoms with Crippen LogP contribution in [0.1, 0.15) is 6.92 Å². The van der Waals surface area contributed by atoms with Crippen molar-refractivity contribution in [3.05, 3.63) is 22.8 Å². The summed E-state index contributed by atoms with van der Waals surface area (Å²) in [6, 6.07) is 3.87. The van der Waals surface area contributed by atoms with Crippen LogP contribution in [-0.4, -0.2) is 21.9 Å². The van der Waals surface area contributed by atoms with Crippen molar-refractivity contribution >= 4 is 27.7 Å². The van der Waals surface area contributed by atoms with E-state index in [1.165, 1.54) is 0 Å². The minimum absolute atomic E-state index is 0.277. The molecule has 0 spiro atoms. The molecule has 0 aliphatic heterocycles. The Kier molecular flexibility index (Phi) is 4.05. The first kappa shape index (κ1) is 10.0. The number of nitrogens with zero attached hydrogens (tertiary/aromatic N) is 1. The van der Waals surface area contributed by atoms with E-state index in [2.05, 4.69) is 20.9 Å². The van der Waals surface area contributed by atoms with Gasteiger partial charge in [0.15, 0.2) is 0 Å². The lowest BCUT2D eigenvalue weighted by Crippen LogP contribution is -2.02. The Morgan fingerprint density at radius 1 is 1.67 bits per heavy atom. The Balaban J connectivity index is 2.48. The first-order chi connectivity index (χ1) is 5.68. The van der Waals surface area contributed by atoms with E-state index >= 15 is 0 Å². The first-order valence-corrected chi connectivity index (χ1v) is 5.39. The Bertz CT molecular complexity index is 237. The van der Waals surface area contributed by atoms with Crippen LogP contribution in [0.2, 0.25) is 0 Å². The second-order valence-corrected chi connectivity index (χ2v) is 4.43. The van der Waals surface area contributed by atoms with Gasteiger partial charge in [-0.05, 0) is 35.0 Å². The van der Waals surface area contributed by atoms with Crippen molar-refractivity contribution in [1.82, 2.24) is 4.98 Å². The van der Waals surface area contributed by atoms with Gasteiger partial charge in [-0.1, -0.05) is 0 Å². The van der Waals surface area contributed by atoms with Crippen molar-refractivity contribution in [2.75, 3.05) is 5.75 Å². The van der Waals surface area contributed by atoms with E-state index in [4.69, 9.17) is 5.11 Å². The van der Waals surface area contributed by atoms with Gasteiger partial charge in [0.1, 0.15) is 0 Å². The fourth-order valence-corrected chi connectivity index (χ4v) is 1.59. The molecule has 1 N–H and O–H groups in total. The fraction of sp³-hybridized carbons (Fsp3) is 0.375. The molecule has 0 saturated carbocycles. The highest BCUT2D eigenvalue weighted by atomic mass is 79.9. The minimum Gasteiger partial charge on any atom is -0.393 e. The second-order valence-electron chi connectivity index (χ2n) is 2.47. The fourth-order valence-electron chi connectivity index (χ4n) is 0.654. The van der Waals surface area contributed by atoms with Gasteiger partial charge < -0.3 is 5.11 Å². The summed E-state index contributed by atoms with van der Waals surface area (Å²) in [5.41, 5.74) is 0. The molecule has 0 aliphatic rings. The molecule has 1 aromatic heterocycles. The van der Waals surface area contributed by atoms with Gasteiger partial charge in [0, 0.05) is 16.4 Å². The third kappa shape index (κ3) is 3.56. The van der Waals surface area contributed by atoms with E-state index in [9.17, 15) is 0 Å². The molecule has 1 aromatic rings. The number of hydrogen-bond acceptors (Lipinski definition) is 3. The largest absolute Gasteiger partial charge is 0.393 e. The van der Waals surface area contributed by atoms with Crippen LogP contribution < -0.4 is 0 Å². The average Bonchev–Trinajstić information content (AvgIpc) is 2.03. The van der Waals surface area contributed by atoms with Crippen LogP contribution >= 0.6 is 27.7 Å². The number of aromatic nitrogens is 1. The molecular formula is C8H10BrNOS. The van der Waals surface area contributed by atoms with E-state index in [0.717, 1.165) is 9.50 Å². The van der Waals surface area contributed by atoms with Gasteiger partial charge in [-0.3, -0.25) is 0 Å². The molecule has 0 saturated heterocycles. The summed E-state index contributed by atoms with van der Waals surface area (Å²) < 4.78 is 0.976. The highest BCUT2D eigenvalue weighted by Gasteiger charge is 1.98. The van der Waals surface area contributed by atoms with Crippen LogP contribution in [0.5, 0.6) is 0 Å². The molecule has 0 bridgehead atoms. The highest BCUT2D eigenvalue weighted by molar-refractivity contribution is 9.10. The Morgan fingerprint density at radius 2 is 2.42 bits per heavy atom. The van der Waals surface area contributed by atoms with E-state index in [1.54, 1.807) is 24.9 Å². The summed E-state index contributed by atoms with van der Waals surface area (Å²) in [4.78, 5) is 4.16. The van der Waals surface area contributed by atoms with Crippen LogP contribution in [-0.2, 0) is 0 Å². The molecule has 1 atom stereocenters. The van der Waals surface area contributed by atoms with Crippen LogP contribution in [0.3, 0.4) is 0 Å². The van der Waals surface area contributed by atoms with Crippen LogP contribution in [0.15, 0.2) is 27.8 Å². The lowest BCUT2D eigenvalue weighted by molar-refractivity contribution is 0.220. The van der Waals surface area contributed by atoms with Crippen LogP contribution in [0, 0.1) is 0 Å². The topological polar surface area (TPSA) is 33.1 Å². The summed E-state index contributed by atoms with van der Waals surface area (Å²) >= 11 is 4.86. The maximum Gasteiger partial charge on any atom is 0.0961 e. The van der Waals surface area contributed by atoms with Crippen molar-refractivity contribution in [3.8, 4) is 0 Å². The summed E-state index contributed by atoms with van der Waals surface area (Å²) in [5, 5.41) is 9.95. The minimum atomic E-state index is -0.277. The van der Waals surface area contributed by atoms with Gasteiger partial charge >= 0.3 is 0 Å². The predicted molar refractivity (Wildman–Crippen MR) is 54.3 cm³/mol. The SMILES string of the molecule is C[C@@H](O)CSc1ccc(Br)cn1. The number of rotatable bonds is 3. The van der Waals surface area contributed by atoms with Gasteiger partial charge in [-0.15, -0.1) is 11.8 Å². The number of halogens is 1. The molecule has 1 heterocycles. The highest BCUT2D eigenvalue weighted by Crippen LogP contribution is 2.17. The van der Waals surface area contributed by atoms with Crippen molar-refractivity contribution in [1.29, 1.82) is 0 Å². The van der Waals surface area contributed by atoms with Crippen molar-refractivity contribution < 1.29 is 5.11 Å². The van der Waals surface area contributed by atoms with Gasteiger partial charge in [-0.2, -0.15) is 0 Å². The summed E-state index contributed by atoms with van der Waals surface area (Å²) in [6.07, 6.45) is 1.48. The number of aliphatic hydroxyl groups is 1. The van der Waals surface area contributed by atoms with Gasteiger partial charge in [0.25, 0.3) is 0 Å². The third-order valence-electron chi connectivity index (χ3n) is 1.17. The average molecular weight is 248 g/mol. The van der Waals surface area contributed by atoms with Crippen molar-refractivity contribution in [2.24, 2.45) is 0 Å². The molecule has 0 amide bonds. The van der Waals surface area contributed by atoms with Crippen LogP contribution in [0.25, 0.3) is 0 Å². The number of hydrogen-bond donors (Lipinski definition) is 1. The number of aliphatic hydroxyl groups excluding tert-OH is 1. The van der Waals surface area contributed by atoms with Gasteiger partial charge in [0.05, 0.1) is 11.1 Å². The molecule has 1 rings (SSSR count). The second kappa shape index (κ2) is 4.84. The number of pyridine rings is 1.